The van der Waals surface area contributed by atoms with Crippen molar-refractivity contribution in [3.05, 3.63) is 60.8 Å². The summed E-state index contributed by atoms with van der Waals surface area (Å²) in [4.78, 5) is 22.1. The van der Waals surface area contributed by atoms with Gasteiger partial charge in [-0.1, -0.05) is 67.7 Å². The van der Waals surface area contributed by atoms with Gasteiger partial charge in [0.1, 0.15) is 6.61 Å². The number of rotatable bonds is 18. The predicted octanol–water partition coefficient (Wildman–Crippen LogP) is 4.53. The van der Waals surface area contributed by atoms with Gasteiger partial charge in [0.2, 0.25) is 11.8 Å². The molecule has 0 aromatic heterocycles. The van der Waals surface area contributed by atoms with E-state index in [-0.39, 0.29) is 12.5 Å². The average molecular weight is 403 g/mol. The summed E-state index contributed by atoms with van der Waals surface area (Å²) in [5.74, 6) is -0.506. The van der Waals surface area contributed by atoms with E-state index in [0.717, 1.165) is 44.9 Å². The zero-order valence-corrected chi connectivity index (χ0v) is 17.9. The van der Waals surface area contributed by atoms with Crippen LogP contribution in [0.2, 0.25) is 0 Å². The Bertz CT molecular complexity index is 560. The zero-order valence-electron chi connectivity index (χ0n) is 17.9. The number of amides is 2. The molecule has 0 fully saturated rings. The molecule has 0 spiro atoms. The Labute approximate surface area is 176 Å². The van der Waals surface area contributed by atoms with Crippen LogP contribution in [-0.2, 0) is 14.3 Å². The Morgan fingerprint density at radius 1 is 0.828 bits per heavy atom. The van der Waals surface area contributed by atoms with E-state index in [9.17, 15) is 9.59 Å². The van der Waals surface area contributed by atoms with Crippen LogP contribution in [0, 0.1) is 0 Å². The summed E-state index contributed by atoms with van der Waals surface area (Å²) in [6, 6.07) is 0. The van der Waals surface area contributed by atoms with Crippen LogP contribution in [0.1, 0.15) is 58.3 Å². The lowest BCUT2D eigenvalue weighted by Crippen LogP contribution is -2.28. The third kappa shape index (κ3) is 23.6. The zero-order chi connectivity index (χ0) is 21.4. The maximum absolute atomic E-state index is 11.6. The Morgan fingerprint density at radius 3 is 1.86 bits per heavy atom. The fourth-order valence-corrected chi connectivity index (χ4v) is 2.27. The van der Waals surface area contributed by atoms with Gasteiger partial charge in [-0.25, -0.2) is 0 Å². The normalized spacial score (nSPS) is 12.3. The summed E-state index contributed by atoms with van der Waals surface area (Å²) >= 11 is 0. The average Bonchev–Trinajstić information content (AvgIpc) is 2.69. The van der Waals surface area contributed by atoms with E-state index >= 15 is 0 Å². The van der Waals surface area contributed by atoms with E-state index in [4.69, 9.17) is 10.5 Å². The Kier molecular flexibility index (Phi) is 20.1. The monoisotopic (exact) mass is 402 g/mol. The number of unbranched alkanes of at least 4 members (excludes halogenated alkanes) is 1. The minimum atomic E-state index is -0.506. The highest BCUT2D eigenvalue weighted by Crippen LogP contribution is 1.99. The van der Waals surface area contributed by atoms with Crippen molar-refractivity contribution in [2.75, 3.05) is 19.8 Å². The number of nitrogens with two attached hydrogens (primary N) is 1. The van der Waals surface area contributed by atoms with Gasteiger partial charge in [0.15, 0.2) is 0 Å². The molecule has 0 saturated carbocycles. The largest absolute Gasteiger partial charge is 0.370 e. The molecule has 162 valence electrons. The SMILES string of the molecule is CC/C=C\C/C=C\C/C=C\C/C=C\C/C=C\CCCC(=O)NCCOCC(N)=O. The molecule has 0 aliphatic heterocycles. The van der Waals surface area contributed by atoms with Gasteiger partial charge in [-0.3, -0.25) is 9.59 Å². The molecule has 0 rings (SSSR count). The lowest BCUT2D eigenvalue weighted by molar-refractivity contribution is -0.122. The number of allylic oxidation sites excluding steroid dienone is 10. The van der Waals surface area contributed by atoms with Crippen molar-refractivity contribution < 1.29 is 14.3 Å². The fourth-order valence-electron chi connectivity index (χ4n) is 2.27. The molecular weight excluding hydrogens is 364 g/mol. The first kappa shape index (κ1) is 26.6. The number of primary amides is 1. The maximum Gasteiger partial charge on any atom is 0.243 e. The summed E-state index contributed by atoms with van der Waals surface area (Å²) in [6.45, 7) is 2.72. The number of nitrogens with one attached hydrogen (secondary N) is 1. The van der Waals surface area contributed by atoms with E-state index in [1.54, 1.807) is 0 Å². The minimum absolute atomic E-state index is 0.0000251. The molecule has 0 saturated heterocycles. The Morgan fingerprint density at radius 2 is 1.34 bits per heavy atom. The van der Waals surface area contributed by atoms with E-state index in [0.29, 0.717) is 19.6 Å². The highest BCUT2D eigenvalue weighted by atomic mass is 16.5. The van der Waals surface area contributed by atoms with Gasteiger partial charge in [0, 0.05) is 13.0 Å². The number of carbonyl (C=O) groups excluding carboxylic acids is 2. The van der Waals surface area contributed by atoms with Gasteiger partial charge in [-0.05, 0) is 44.9 Å². The van der Waals surface area contributed by atoms with Gasteiger partial charge in [-0.2, -0.15) is 0 Å². The van der Waals surface area contributed by atoms with Crippen LogP contribution in [0.4, 0.5) is 0 Å². The van der Waals surface area contributed by atoms with Crippen LogP contribution in [0.5, 0.6) is 0 Å². The Balaban J connectivity index is 3.50. The lowest BCUT2D eigenvalue weighted by atomic mass is 10.2. The predicted molar refractivity (Wildman–Crippen MR) is 121 cm³/mol. The van der Waals surface area contributed by atoms with Gasteiger partial charge < -0.3 is 15.8 Å². The summed E-state index contributed by atoms with van der Waals surface area (Å²) in [5, 5.41) is 2.75. The molecule has 0 aliphatic carbocycles. The van der Waals surface area contributed by atoms with E-state index in [1.807, 2.05) is 0 Å². The second-order valence-corrected chi connectivity index (χ2v) is 6.47. The van der Waals surface area contributed by atoms with E-state index < -0.39 is 5.91 Å². The molecular formula is C24H38N2O3. The van der Waals surface area contributed by atoms with Crippen LogP contribution in [0.3, 0.4) is 0 Å². The van der Waals surface area contributed by atoms with Crippen molar-refractivity contribution in [2.24, 2.45) is 5.73 Å². The first-order chi connectivity index (χ1) is 14.2. The van der Waals surface area contributed by atoms with Crippen molar-refractivity contribution in [1.29, 1.82) is 0 Å². The number of hydrogen-bond donors (Lipinski definition) is 2. The molecule has 29 heavy (non-hydrogen) atoms. The molecule has 0 radical (unpaired) electrons. The molecule has 3 N–H and O–H groups in total. The topological polar surface area (TPSA) is 81.4 Å². The molecule has 0 bridgehead atoms. The molecule has 0 aromatic carbocycles. The molecule has 0 aromatic rings. The third-order valence-electron chi connectivity index (χ3n) is 3.75. The van der Waals surface area contributed by atoms with Crippen LogP contribution in [0.25, 0.3) is 0 Å². The van der Waals surface area contributed by atoms with Crippen LogP contribution >= 0.6 is 0 Å². The highest BCUT2D eigenvalue weighted by Gasteiger charge is 1.99. The second-order valence-electron chi connectivity index (χ2n) is 6.47. The van der Waals surface area contributed by atoms with Crippen molar-refractivity contribution >= 4 is 11.8 Å². The standard InChI is InChI=1S/C24H38N2O3/c1-2-3-4-5-6-7-8-9-10-11-12-13-14-15-16-17-18-19-24(28)26-20-21-29-22-23(25)27/h3-4,6-7,9-10,12-13,15-16H,2,5,8,11,14,17-22H2,1H3,(H2,25,27)(H,26,28)/b4-3-,7-6-,10-9-,13-12-,16-15-. The van der Waals surface area contributed by atoms with Crippen molar-refractivity contribution in [2.45, 2.75) is 58.3 Å². The van der Waals surface area contributed by atoms with Crippen LogP contribution < -0.4 is 11.1 Å². The highest BCUT2D eigenvalue weighted by molar-refractivity contribution is 5.76. The molecule has 5 nitrogen and oxygen atoms in total. The van der Waals surface area contributed by atoms with Crippen molar-refractivity contribution in [3.63, 3.8) is 0 Å². The minimum Gasteiger partial charge on any atom is -0.370 e. The molecule has 0 unspecified atom stereocenters. The van der Waals surface area contributed by atoms with Crippen LogP contribution in [0.15, 0.2) is 60.8 Å². The number of ether oxygens (including phenoxy) is 1. The molecule has 0 atom stereocenters. The van der Waals surface area contributed by atoms with Gasteiger partial charge in [0.05, 0.1) is 6.61 Å². The Hall–Kier alpha value is -2.40. The van der Waals surface area contributed by atoms with Gasteiger partial charge >= 0.3 is 0 Å². The number of carbonyl (C=O) groups is 2. The molecule has 0 aliphatic rings. The number of hydrogen-bond acceptors (Lipinski definition) is 3. The smallest absolute Gasteiger partial charge is 0.243 e. The van der Waals surface area contributed by atoms with Gasteiger partial charge in [0.25, 0.3) is 0 Å². The first-order valence-corrected chi connectivity index (χ1v) is 10.5. The quantitative estimate of drug-likeness (QED) is 0.261. The summed E-state index contributed by atoms with van der Waals surface area (Å²) in [6.07, 6.45) is 28.9. The molecule has 5 heteroatoms. The second kappa shape index (κ2) is 21.9. The van der Waals surface area contributed by atoms with Crippen LogP contribution in [-0.4, -0.2) is 31.6 Å². The first-order valence-electron chi connectivity index (χ1n) is 10.5. The third-order valence-corrected chi connectivity index (χ3v) is 3.75. The van der Waals surface area contributed by atoms with E-state index in [1.165, 1.54) is 0 Å². The summed E-state index contributed by atoms with van der Waals surface area (Å²) < 4.78 is 4.97. The lowest BCUT2D eigenvalue weighted by Gasteiger charge is -2.04. The van der Waals surface area contributed by atoms with E-state index in [2.05, 4.69) is 73.0 Å². The summed E-state index contributed by atoms with van der Waals surface area (Å²) in [7, 11) is 0. The summed E-state index contributed by atoms with van der Waals surface area (Å²) in [5.41, 5.74) is 4.94. The molecule has 2 amide bonds. The van der Waals surface area contributed by atoms with Gasteiger partial charge in [-0.15, -0.1) is 0 Å². The van der Waals surface area contributed by atoms with Crippen molar-refractivity contribution in [1.82, 2.24) is 5.32 Å². The van der Waals surface area contributed by atoms with Crippen molar-refractivity contribution in [3.8, 4) is 0 Å². The maximum atomic E-state index is 11.6. The molecule has 0 heterocycles. The fraction of sp³-hybridized carbons (Fsp3) is 0.500.